The number of nitrogen functional groups attached to an aromatic ring is 1. The molecule has 0 aliphatic heterocycles. The SMILES string of the molecule is C=CCn1nc(-c2ccccc2)n(N)c1=O. The molecule has 0 atom stereocenters. The van der Waals surface area contributed by atoms with Gasteiger partial charge in [-0.15, -0.1) is 11.7 Å². The Kier molecular flexibility index (Phi) is 2.59. The van der Waals surface area contributed by atoms with Crippen molar-refractivity contribution in [2.45, 2.75) is 6.54 Å². The van der Waals surface area contributed by atoms with E-state index in [9.17, 15) is 4.79 Å². The molecule has 0 amide bonds. The average Bonchev–Trinajstić information content (AvgIpc) is 2.59. The predicted molar refractivity (Wildman–Crippen MR) is 62.3 cm³/mol. The molecule has 0 fully saturated rings. The van der Waals surface area contributed by atoms with E-state index in [1.165, 1.54) is 4.68 Å². The number of rotatable bonds is 3. The van der Waals surface area contributed by atoms with E-state index in [0.717, 1.165) is 10.2 Å². The van der Waals surface area contributed by atoms with E-state index in [1.54, 1.807) is 6.08 Å². The van der Waals surface area contributed by atoms with Gasteiger partial charge < -0.3 is 5.84 Å². The molecular formula is C11H12N4O. The van der Waals surface area contributed by atoms with Crippen molar-refractivity contribution in [3.63, 3.8) is 0 Å². The quantitative estimate of drug-likeness (QED) is 0.604. The maximum Gasteiger partial charge on any atom is 0.365 e. The maximum atomic E-state index is 11.6. The van der Waals surface area contributed by atoms with Gasteiger partial charge in [0.25, 0.3) is 0 Å². The summed E-state index contributed by atoms with van der Waals surface area (Å²) >= 11 is 0. The van der Waals surface area contributed by atoms with Crippen LogP contribution in [0.15, 0.2) is 47.8 Å². The van der Waals surface area contributed by atoms with Gasteiger partial charge >= 0.3 is 5.69 Å². The molecule has 0 aliphatic rings. The highest BCUT2D eigenvalue weighted by atomic mass is 16.2. The van der Waals surface area contributed by atoms with E-state index in [-0.39, 0.29) is 5.69 Å². The van der Waals surface area contributed by atoms with Gasteiger partial charge in [0.15, 0.2) is 5.82 Å². The van der Waals surface area contributed by atoms with Crippen molar-refractivity contribution in [3.05, 3.63) is 53.5 Å². The van der Waals surface area contributed by atoms with Gasteiger partial charge in [0.05, 0.1) is 6.54 Å². The molecule has 2 N–H and O–H groups in total. The Balaban J connectivity index is 2.55. The lowest BCUT2D eigenvalue weighted by Gasteiger charge is -1.97. The number of benzene rings is 1. The lowest BCUT2D eigenvalue weighted by molar-refractivity contribution is 0.665. The van der Waals surface area contributed by atoms with Gasteiger partial charge in [0.2, 0.25) is 0 Å². The normalized spacial score (nSPS) is 10.2. The van der Waals surface area contributed by atoms with Gasteiger partial charge in [-0.05, 0) is 0 Å². The maximum absolute atomic E-state index is 11.6. The van der Waals surface area contributed by atoms with Crippen LogP contribution in [-0.2, 0) is 6.54 Å². The number of hydrogen-bond donors (Lipinski definition) is 1. The van der Waals surface area contributed by atoms with E-state index in [4.69, 9.17) is 5.84 Å². The highest BCUT2D eigenvalue weighted by Crippen LogP contribution is 2.12. The number of nitrogens with zero attached hydrogens (tertiary/aromatic N) is 3. The Morgan fingerprint density at radius 2 is 2.06 bits per heavy atom. The van der Waals surface area contributed by atoms with Crippen LogP contribution in [-0.4, -0.2) is 14.5 Å². The lowest BCUT2D eigenvalue weighted by atomic mass is 10.2. The van der Waals surface area contributed by atoms with Crippen molar-refractivity contribution < 1.29 is 0 Å². The second-order valence-electron chi connectivity index (χ2n) is 3.31. The number of nitrogens with two attached hydrogens (primary N) is 1. The van der Waals surface area contributed by atoms with Gasteiger partial charge in [-0.2, -0.15) is 4.68 Å². The predicted octanol–water partition coefficient (Wildman–Crippen LogP) is 0.612. The van der Waals surface area contributed by atoms with Crippen LogP contribution in [0.2, 0.25) is 0 Å². The van der Waals surface area contributed by atoms with Crippen LogP contribution in [0.5, 0.6) is 0 Å². The minimum atomic E-state index is -0.348. The summed E-state index contributed by atoms with van der Waals surface area (Å²) in [6, 6.07) is 9.33. The molecule has 0 saturated heterocycles. The fourth-order valence-electron chi connectivity index (χ4n) is 1.45. The van der Waals surface area contributed by atoms with Crippen LogP contribution in [0.4, 0.5) is 0 Å². The van der Waals surface area contributed by atoms with Crippen molar-refractivity contribution in [3.8, 4) is 11.4 Å². The first-order valence-electron chi connectivity index (χ1n) is 4.85. The smallest absolute Gasteiger partial charge is 0.333 e. The third-order valence-corrected chi connectivity index (χ3v) is 2.20. The summed E-state index contributed by atoms with van der Waals surface area (Å²) in [5, 5.41) is 4.14. The van der Waals surface area contributed by atoms with Crippen LogP contribution in [0.25, 0.3) is 11.4 Å². The highest BCUT2D eigenvalue weighted by Gasteiger charge is 2.11. The zero-order valence-electron chi connectivity index (χ0n) is 8.71. The minimum absolute atomic E-state index is 0.348. The average molecular weight is 216 g/mol. The van der Waals surface area contributed by atoms with Crippen LogP contribution >= 0.6 is 0 Å². The summed E-state index contributed by atoms with van der Waals surface area (Å²) < 4.78 is 2.31. The molecule has 0 aliphatic carbocycles. The van der Waals surface area contributed by atoms with Crippen LogP contribution in [0, 0.1) is 0 Å². The summed E-state index contributed by atoms with van der Waals surface area (Å²) in [4.78, 5) is 11.6. The summed E-state index contributed by atoms with van der Waals surface area (Å²) in [6.45, 7) is 3.91. The van der Waals surface area contributed by atoms with E-state index in [1.807, 2.05) is 30.3 Å². The lowest BCUT2D eigenvalue weighted by Crippen LogP contribution is -2.29. The Bertz CT molecular complexity index is 553. The molecule has 5 nitrogen and oxygen atoms in total. The molecule has 0 spiro atoms. The third-order valence-electron chi connectivity index (χ3n) is 2.20. The molecule has 5 heteroatoms. The van der Waals surface area contributed by atoms with Crippen molar-refractivity contribution in [1.82, 2.24) is 14.5 Å². The zero-order chi connectivity index (χ0) is 11.5. The molecule has 2 aromatic rings. The Morgan fingerprint density at radius 1 is 1.38 bits per heavy atom. The minimum Gasteiger partial charge on any atom is -0.333 e. The number of hydrogen-bond acceptors (Lipinski definition) is 3. The molecule has 0 unspecified atom stereocenters. The third kappa shape index (κ3) is 1.63. The molecule has 82 valence electrons. The van der Waals surface area contributed by atoms with Gasteiger partial charge in [0.1, 0.15) is 0 Å². The van der Waals surface area contributed by atoms with Gasteiger partial charge in [0, 0.05) is 5.56 Å². The summed E-state index contributed by atoms with van der Waals surface area (Å²) in [5.74, 6) is 6.10. The van der Waals surface area contributed by atoms with Crippen LogP contribution < -0.4 is 11.5 Å². The monoisotopic (exact) mass is 216 g/mol. The number of allylic oxidation sites excluding steroid dienone is 1. The standard InChI is InChI=1S/C11H12N4O/c1-2-8-14-11(16)15(12)10(13-14)9-6-4-3-5-7-9/h2-7H,1,8,12H2. The van der Waals surface area contributed by atoms with Gasteiger partial charge in [-0.1, -0.05) is 36.4 Å². The first-order valence-corrected chi connectivity index (χ1v) is 4.85. The van der Waals surface area contributed by atoms with Gasteiger partial charge in [-0.3, -0.25) is 0 Å². The Morgan fingerprint density at radius 3 is 2.69 bits per heavy atom. The molecule has 0 bridgehead atoms. The van der Waals surface area contributed by atoms with Crippen molar-refractivity contribution >= 4 is 0 Å². The van der Waals surface area contributed by atoms with Crippen LogP contribution in [0.1, 0.15) is 0 Å². The Labute approximate surface area is 92.4 Å². The topological polar surface area (TPSA) is 65.8 Å². The summed E-state index contributed by atoms with van der Waals surface area (Å²) in [7, 11) is 0. The Hall–Kier alpha value is -2.30. The first kappa shape index (κ1) is 10.2. The van der Waals surface area contributed by atoms with E-state index in [0.29, 0.717) is 12.4 Å². The molecule has 1 aromatic carbocycles. The van der Waals surface area contributed by atoms with Crippen molar-refractivity contribution in [2.24, 2.45) is 0 Å². The zero-order valence-corrected chi connectivity index (χ0v) is 8.71. The second kappa shape index (κ2) is 4.06. The molecule has 0 saturated carbocycles. The highest BCUT2D eigenvalue weighted by molar-refractivity contribution is 5.54. The first-order chi connectivity index (χ1) is 7.74. The fraction of sp³-hybridized carbons (Fsp3) is 0.0909. The molecule has 1 aromatic heterocycles. The van der Waals surface area contributed by atoms with E-state index < -0.39 is 0 Å². The van der Waals surface area contributed by atoms with Crippen molar-refractivity contribution in [2.75, 3.05) is 5.84 Å². The molecule has 2 rings (SSSR count). The molecule has 1 heterocycles. The van der Waals surface area contributed by atoms with E-state index >= 15 is 0 Å². The number of aromatic nitrogens is 3. The van der Waals surface area contributed by atoms with Gasteiger partial charge in [-0.25, -0.2) is 9.48 Å². The molecule has 0 radical (unpaired) electrons. The summed E-state index contributed by atoms with van der Waals surface area (Å²) in [6.07, 6.45) is 1.60. The van der Waals surface area contributed by atoms with Crippen LogP contribution in [0.3, 0.4) is 0 Å². The molecular weight excluding hydrogens is 204 g/mol. The molecule has 16 heavy (non-hydrogen) atoms. The largest absolute Gasteiger partial charge is 0.365 e. The van der Waals surface area contributed by atoms with E-state index in [2.05, 4.69) is 11.7 Å². The fourth-order valence-corrected chi connectivity index (χ4v) is 1.45. The van der Waals surface area contributed by atoms with Crippen molar-refractivity contribution in [1.29, 1.82) is 0 Å². The summed E-state index contributed by atoms with van der Waals surface area (Å²) in [5.41, 5.74) is 0.462. The second-order valence-corrected chi connectivity index (χ2v) is 3.31.